The first-order chi connectivity index (χ1) is 19.8. The fraction of sp³-hybridized carbons (Fsp3) is 0.310. The molecule has 0 bridgehead atoms. The summed E-state index contributed by atoms with van der Waals surface area (Å²) in [5, 5.41) is 19.1. The first-order valence-electron chi connectivity index (χ1n) is 13.3. The van der Waals surface area contributed by atoms with Gasteiger partial charge in [-0.1, -0.05) is 6.07 Å². The van der Waals surface area contributed by atoms with Crippen molar-refractivity contribution in [3.63, 3.8) is 0 Å². The topological polar surface area (TPSA) is 155 Å². The van der Waals surface area contributed by atoms with Crippen LogP contribution >= 0.6 is 0 Å². The highest BCUT2D eigenvalue weighted by molar-refractivity contribution is 6.08. The first-order valence-corrected chi connectivity index (χ1v) is 13.3. The van der Waals surface area contributed by atoms with E-state index >= 15 is 0 Å². The van der Waals surface area contributed by atoms with Gasteiger partial charge in [0.2, 0.25) is 5.91 Å². The second-order valence-electron chi connectivity index (χ2n) is 9.35. The van der Waals surface area contributed by atoms with Crippen molar-refractivity contribution in [3.05, 3.63) is 65.4 Å². The summed E-state index contributed by atoms with van der Waals surface area (Å²) in [5.41, 5.74) is 1.90. The van der Waals surface area contributed by atoms with Crippen LogP contribution in [-0.2, 0) is 4.79 Å². The predicted octanol–water partition coefficient (Wildman–Crippen LogP) is 3.67. The number of aromatic nitrogens is 2. The minimum atomic E-state index is -0.490. The molecule has 1 aromatic heterocycles. The zero-order valence-electron chi connectivity index (χ0n) is 23.4. The maximum absolute atomic E-state index is 13.3. The van der Waals surface area contributed by atoms with E-state index in [2.05, 4.69) is 31.5 Å². The van der Waals surface area contributed by atoms with Crippen LogP contribution in [-0.4, -0.2) is 66.0 Å². The maximum Gasteiger partial charge on any atom is 0.273 e. The van der Waals surface area contributed by atoms with Crippen molar-refractivity contribution in [1.82, 2.24) is 20.4 Å². The van der Waals surface area contributed by atoms with Crippen molar-refractivity contribution in [1.29, 1.82) is 0 Å². The molecule has 12 heteroatoms. The fourth-order valence-electron chi connectivity index (χ4n) is 4.18. The van der Waals surface area contributed by atoms with E-state index in [0.29, 0.717) is 30.0 Å². The Morgan fingerprint density at radius 3 is 2.24 bits per heavy atom. The lowest BCUT2D eigenvalue weighted by atomic mass is 10.1. The minimum Gasteiger partial charge on any atom is -0.494 e. The quantitative estimate of drug-likeness (QED) is 0.277. The molecule has 0 spiro atoms. The van der Waals surface area contributed by atoms with Crippen molar-refractivity contribution in [2.24, 2.45) is 5.92 Å². The van der Waals surface area contributed by atoms with E-state index in [1.54, 1.807) is 47.4 Å². The van der Waals surface area contributed by atoms with Gasteiger partial charge >= 0.3 is 0 Å². The van der Waals surface area contributed by atoms with Gasteiger partial charge in [0.1, 0.15) is 0 Å². The van der Waals surface area contributed by atoms with Gasteiger partial charge in [0.15, 0.2) is 17.3 Å². The van der Waals surface area contributed by atoms with Crippen LogP contribution in [0.3, 0.4) is 0 Å². The number of carbonyl (C=O) groups is 4. The molecule has 1 saturated carbocycles. The molecule has 12 nitrogen and oxygen atoms in total. The van der Waals surface area contributed by atoms with Crippen molar-refractivity contribution < 1.29 is 23.9 Å². The lowest BCUT2D eigenvalue weighted by Crippen LogP contribution is -2.30. The van der Waals surface area contributed by atoms with Gasteiger partial charge < -0.3 is 30.9 Å². The average Bonchev–Trinajstić information content (AvgIpc) is 3.84. The summed E-state index contributed by atoms with van der Waals surface area (Å²) in [5.74, 6) is -0.790. The Labute approximate surface area is 237 Å². The number of anilines is 4. The smallest absolute Gasteiger partial charge is 0.273 e. The van der Waals surface area contributed by atoms with E-state index < -0.39 is 11.8 Å². The molecule has 41 heavy (non-hydrogen) atoms. The molecule has 4 amide bonds. The average molecular weight is 560 g/mol. The zero-order valence-corrected chi connectivity index (χ0v) is 23.4. The number of para-hydroxylation sites is 1. The Balaban J connectivity index is 1.57. The lowest BCUT2D eigenvalue weighted by Gasteiger charge is -2.19. The van der Waals surface area contributed by atoms with Gasteiger partial charge in [-0.05, 0) is 63.1 Å². The second kappa shape index (κ2) is 12.9. The highest BCUT2D eigenvalue weighted by atomic mass is 16.5. The van der Waals surface area contributed by atoms with Crippen molar-refractivity contribution >= 4 is 46.5 Å². The SMILES string of the molecule is CCN(CC)C(=O)c1ccc(NC(=O)c2cccc(Nc3cc(NC(=O)C4CC4)nnc3C(=O)NC)c2OC)cc1. The largest absolute Gasteiger partial charge is 0.494 e. The van der Waals surface area contributed by atoms with E-state index in [1.165, 1.54) is 20.2 Å². The number of hydrogen-bond acceptors (Lipinski definition) is 8. The summed E-state index contributed by atoms with van der Waals surface area (Å²) in [7, 11) is 2.89. The standard InChI is InChI=1S/C29H33N7O5/c1-5-36(6-2)29(40)18-12-14-19(15-13-18)31-27(38)20-8-7-9-21(25(20)41-4)32-22-16-23(33-26(37)17-10-11-17)34-35-24(22)28(39)30-3/h7-9,12-17H,5-6,10-11H2,1-4H3,(H,30,39)(H,31,38)(H2,32,33,34,37). The van der Waals surface area contributed by atoms with Crippen molar-refractivity contribution in [2.45, 2.75) is 26.7 Å². The monoisotopic (exact) mass is 559 g/mol. The molecule has 2 aromatic carbocycles. The molecule has 214 valence electrons. The normalized spacial score (nSPS) is 12.2. The molecule has 1 aliphatic carbocycles. The van der Waals surface area contributed by atoms with Gasteiger partial charge in [-0.2, -0.15) is 0 Å². The molecule has 0 atom stereocenters. The number of ether oxygens (including phenoxy) is 1. The van der Waals surface area contributed by atoms with Crippen molar-refractivity contribution in [2.75, 3.05) is 43.2 Å². The molecule has 1 aliphatic rings. The molecule has 0 saturated heterocycles. The zero-order chi connectivity index (χ0) is 29.5. The number of benzene rings is 2. The van der Waals surface area contributed by atoms with Gasteiger partial charge in [-0.15, -0.1) is 10.2 Å². The Hall–Kier alpha value is -5.00. The molecular weight excluding hydrogens is 526 g/mol. The number of methoxy groups -OCH3 is 1. The number of amides is 4. The molecule has 4 N–H and O–H groups in total. The third-order valence-corrected chi connectivity index (χ3v) is 6.61. The predicted molar refractivity (Wildman–Crippen MR) is 155 cm³/mol. The van der Waals surface area contributed by atoms with Crippen LogP contribution in [0.25, 0.3) is 0 Å². The third-order valence-electron chi connectivity index (χ3n) is 6.61. The third kappa shape index (κ3) is 6.78. The number of carbonyl (C=O) groups excluding carboxylic acids is 4. The number of rotatable bonds is 11. The molecule has 0 aliphatic heterocycles. The molecule has 4 rings (SSSR count). The molecule has 0 radical (unpaired) electrons. The van der Waals surface area contributed by atoms with Crippen LogP contribution in [0.15, 0.2) is 48.5 Å². The highest BCUT2D eigenvalue weighted by Crippen LogP contribution is 2.34. The van der Waals surface area contributed by atoms with E-state index in [-0.39, 0.29) is 46.2 Å². The molecule has 1 heterocycles. The molecule has 0 unspecified atom stereocenters. The summed E-state index contributed by atoms with van der Waals surface area (Å²) in [6.45, 7) is 5.05. The molecule has 3 aromatic rings. The van der Waals surface area contributed by atoms with E-state index in [0.717, 1.165) is 12.8 Å². The first kappa shape index (κ1) is 29.0. The van der Waals surface area contributed by atoms with Gasteiger partial charge in [0.25, 0.3) is 17.7 Å². The van der Waals surface area contributed by atoms with Crippen LogP contribution < -0.4 is 26.0 Å². The van der Waals surface area contributed by atoms with Crippen LogP contribution in [0, 0.1) is 5.92 Å². The summed E-state index contributed by atoms with van der Waals surface area (Å²) in [4.78, 5) is 52.3. The summed E-state index contributed by atoms with van der Waals surface area (Å²) in [6.07, 6.45) is 1.65. The minimum absolute atomic E-state index is 0.00632. The highest BCUT2D eigenvalue weighted by Gasteiger charge is 2.30. The summed E-state index contributed by atoms with van der Waals surface area (Å²) < 4.78 is 5.59. The van der Waals surface area contributed by atoms with Crippen molar-refractivity contribution in [3.8, 4) is 5.75 Å². The Kier molecular flexibility index (Phi) is 9.12. The Morgan fingerprint density at radius 2 is 1.63 bits per heavy atom. The number of hydrogen-bond donors (Lipinski definition) is 4. The van der Waals surface area contributed by atoms with E-state index in [4.69, 9.17) is 4.74 Å². The van der Waals surface area contributed by atoms with Crippen LogP contribution in [0.2, 0.25) is 0 Å². The van der Waals surface area contributed by atoms with Gasteiger partial charge in [-0.25, -0.2) is 0 Å². The van der Waals surface area contributed by atoms with Crippen LogP contribution in [0.1, 0.15) is 57.9 Å². The van der Waals surface area contributed by atoms with Gasteiger partial charge in [-0.3, -0.25) is 19.2 Å². The summed E-state index contributed by atoms with van der Waals surface area (Å²) >= 11 is 0. The Morgan fingerprint density at radius 1 is 0.927 bits per heavy atom. The molecular formula is C29H33N7O5. The second-order valence-corrected chi connectivity index (χ2v) is 9.35. The van der Waals surface area contributed by atoms with Gasteiger partial charge in [0.05, 0.1) is 24.0 Å². The molecule has 1 fully saturated rings. The lowest BCUT2D eigenvalue weighted by molar-refractivity contribution is -0.117. The maximum atomic E-state index is 13.3. The Bertz CT molecular complexity index is 1450. The van der Waals surface area contributed by atoms with Gasteiger partial charge in [0, 0.05) is 43.4 Å². The van der Waals surface area contributed by atoms with E-state index in [9.17, 15) is 19.2 Å². The number of nitrogens with zero attached hydrogens (tertiary/aromatic N) is 3. The number of nitrogens with one attached hydrogen (secondary N) is 4. The fourth-order valence-corrected chi connectivity index (χ4v) is 4.18. The van der Waals surface area contributed by atoms with E-state index in [1.807, 2.05) is 13.8 Å². The summed E-state index contributed by atoms with van der Waals surface area (Å²) in [6, 6.07) is 13.1. The van der Waals surface area contributed by atoms with Crippen LogP contribution in [0.5, 0.6) is 5.75 Å². The van der Waals surface area contributed by atoms with Crippen LogP contribution in [0.4, 0.5) is 22.9 Å².